The molecule has 1 aliphatic heterocycles. The van der Waals surface area contributed by atoms with Crippen molar-refractivity contribution in [1.82, 2.24) is 15.2 Å². The number of nitrogens with two attached hydrogens (primary N) is 1. The monoisotopic (exact) mass is 541 g/mol. The third kappa shape index (κ3) is 7.00. The number of ether oxygens (including phenoxy) is 2. The van der Waals surface area contributed by atoms with Crippen molar-refractivity contribution in [3.05, 3.63) is 48.2 Å². The fourth-order valence-electron chi connectivity index (χ4n) is 3.05. The molecule has 12 nitrogen and oxygen atoms in total. The van der Waals surface area contributed by atoms with E-state index in [9.17, 15) is 27.2 Å². The topological polar surface area (TPSA) is 171 Å². The second-order valence-corrected chi connectivity index (χ2v) is 7.53. The molecular weight excluding hydrogens is 522 g/mol. The molecule has 1 aliphatic rings. The first kappa shape index (κ1) is 28.0. The number of aromatic nitrogens is 3. The zero-order valence-corrected chi connectivity index (χ0v) is 19.4. The normalized spacial score (nSPS) is 14.9. The number of cyclic esters (lactones) is 1. The number of nitrogens with zero attached hydrogens (tertiary/aromatic N) is 4. The fraction of sp³-hybridized carbons (Fsp3) is 0.273. The zero-order chi connectivity index (χ0) is 28.0. The van der Waals surface area contributed by atoms with E-state index in [1.54, 1.807) is 31.2 Å². The van der Waals surface area contributed by atoms with Crippen LogP contribution in [0.3, 0.4) is 0 Å². The third-order valence-corrected chi connectivity index (χ3v) is 4.80. The Bertz CT molecular complexity index is 1310. The number of hydrogen-bond donors (Lipinski definition) is 2. The van der Waals surface area contributed by atoms with Gasteiger partial charge in [0.15, 0.2) is 6.10 Å². The molecule has 3 heterocycles. The van der Waals surface area contributed by atoms with Gasteiger partial charge in [0.25, 0.3) is 5.89 Å². The predicted octanol–water partition coefficient (Wildman–Crippen LogP) is 2.71. The molecule has 2 aromatic heterocycles. The van der Waals surface area contributed by atoms with Crippen LogP contribution in [0.5, 0.6) is 0 Å². The van der Waals surface area contributed by atoms with Gasteiger partial charge in [0.1, 0.15) is 18.1 Å². The maximum absolute atomic E-state index is 14.8. The predicted molar refractivity (Wildman–Crippen MR) is 119 cm³/mol. The smallest absolute Gasteiger partial charge is 0.475 e. The molecular formula is C22H19F4N5O7. The lowest BCUT2D eigenvalue weighted by Crippen LogP contribution is -2.28. The number of pyridine rings is 1. The Labute approximate surface area is 211 Å². The standard InChI is InChI=1S/C20H18FN5O5.C2HF3O2/c1-11-24-25-19(30-11)17-5-2-12(8-23-17)15-4-3-13(6-16(15)21)26-9-14(31-20(26)28)10-29-18(27)7-22;3-2(4,5)1(6)7/h2-6,8,14H,7,9-10,22H2,1H3;(H,6,7)/t14-;/m1./s1. The van der Waals surface area contributed by atoms with Crippen LogP contribution in [0.4, 0.5) is 28.0 Å². The van der Waals surface area contributed by atoms with Gasteiger partial charge >= 0.3 is 24.2 Å². The minimum atomic E-state index is -5.08. The number of amides is 1. The molecule has 4 rings (SSSR count). The zero-order valence-electron chi connectivity index (χ0n) is 19.4. The Morgan fingerprint density at radius 3 is 2.47 bits per heavy atom. The molecule has 0 aliphatic carbocycles. The molecule has 1 atom stereocenters. The van der Waals surface area contributed by atoms with E-state index in [2.05, 4.69) is 15.2 Å². The van der Waals surface area contributed by atoms with Crippen molar-refractivity contribution in [3.63, 3.8) is 0 Å². The largest absolute Gasteiger partial charge is 0.490 e. The van der Waals surface area contributed by atoms with Gasteiger partial charge in [-0.3, -0.25) is 14.7 Å². The van der Waals surface area contributed by atoms with Crippen LogP contribution in [0.1, 0.15) is 5.89 Å². The van der Waals surface area contributed by atoms with Crippen LogP contribution in [0, 0.1) is 12.7 Å². The summed E-state index contributed by atoms with van der Waals surface area (Å²) in [5.41, 5.74) is 6.82. The van der Waals surface area contributed by atoms with E-state index in [1.165, 1.54) is 17.2 Å². The van der Waals surface area contributed by atoms with Crippen LogP contribution in [-0.2, 0) is 19.1 Å². The number of hydrogen-bond acceptors (Lipinski definition) is 10. The van der Waals surface area contributed by atoms with Gasteiger partial charge in [0, 0.05) is 24.2 Å². The van der Waals surface area contributed by atoms with Gasteiger partial charge in [-0.1, -0.05) is 6.07 Å². The fourth-order valence-corrected chi connectivity index (χ4v) is 3.05. The second-order valence-electron chi connectivity index (χ2n) is 7.53. The summed E-state index contributed by atoms with van der Waals surface area (Å²) in [6.45, 7) is 1.42. The summed E-state index contributed by atoms with van der Waals surface area (Å²) in [5.74, 6) is -3.19. The van der Waals surface area contributed by atoms with Crippen molar-refractivity contribution in [1.29, 1.82) is 0 Å². The van der Waals surface area contributed by atoms with Crippen molar-refractivity contribution in [2.45, 2.75) is 19.2 Å². The Hall–Kier alpha value is -4.60. The van der Waals surface area contributed by atoms with Crippen LogP contribution in [-0.4, -0.2) is 70.3 Å². The van der Waals surface area contributed by atoms with E-state index in [0.717, 1.165) is 0 Å². The number of aryl methyl sites for hydroxylation is 1. The Morgan fingerprint density at radius 2 is 1.95 bits per heavy atom. The Morgan fingerprint density at radius 1 is 1.24 bits per heavy atom. The summed E-state index contributed by atoms with van der Waals surface area (Å²) in [6.07, 6.45) is -4.89. The van der Waals surface area contributed by atoms with Crippen molar-refractivity contribution in [2.75, 3.05) is 24.6 Å². The molecule has 3 aromatic rings. The molecule has 1 amide bonds. The van der Waals surface area contributed by atoms with Gasteiger partial charge in [-0.15, -0.1) is 10.2 Å². The maximum Gasteiger partial charge on any atom is 0.490 e. The van der Waals surface area contributed by atoms with E-state index in [1.807, 2.05) is 0 Å². The van der Waals surface area contributed by atoms with Crippen LogP contribution < -0.4 is 10.6 Å². The van der Waals surface area contributed by atoms with Gasteiger partial charge in [0.2, 0.25) is 5.89 Å². The summed E-state index contributed by atoms with van der Waals surface area (Å²) >= 11 is 0. The Balaban J connectivity index is 0.000000505. The number of aliphatic carboxylic acids is 1. The van der Waals surface area contributed by atoms with E-state index in [-0.39, 0.29) is 25.6 Å². The van der Waals surface area contributed by atoms with Gasteiger partial charge in [-0.25, -0.2) is 14.0 Å². The molecule has 0 unspecified atom stereocenters. The number of carboxylic acid groups (broad SMARTS) is 1. The highest BCUT2D eigenvalue weighted by Gasteiger charge is 2.38. The lowest BCUT2D eigenvalue weighted by molar-refractivity contribution is -0.192. The number of carboxylic acids is 1. The van der Waals surface area contributed by atoms with Crippen molar-refractivity contribution < 1.29 is 50.9 Å². The highest BCUT2D eigenvalue weighted by molar-refractivity contribution is 5.90. The molecule has 0 saturated carbocycles. The minimum Gasteiger partial charge on any atom is -0.475 e. The van der Waals surface area contributed by atoms with Gasteiger partial charge in [-0.05, 0) is 24.3 Å². The van der Waals surface area contributed by atoms with Crippen molar-refractivity contribution in [2.24, 2.45) is 5.73 Å². The summed E-state index contributed by atoms with van der Waals surface area (Å²) in [6, 6.07) is 7.73. The first-order valence-electron chi connectivity index (χ1n) is 10.6. The SMILES string of the molecule is Cc1nnc(-c2ccc(-c3ccc(N4C[C@H](COC(=O)CN)OC4=O)cc3F)cn2)o1.O=C(O)C(F)(F)F. The summed E-state index contributed by atoms with van der Waals surface area (Å²) in [4.78, 5) is 37.7. The van der Waals surface area contributed by atoms with Crippen molar-refractivity contribution in [3.8, 4) is 22.7 Å². The summed E-state index contributed by atoms with van der Waals surface area (Å²) in [7, 11) is 0. The van der Waals surface area contributed by atoms with E-state index in [4.69, 9.17) is 29.5 Å². The quantitative estimate of drug-likeness (QED) is 0.347. The number of halogens is 4. The molecule has 3 N–H and O–H groups in total. The number of rotatable bonds is 6. The van der Waals surface area contributed by atoms with Crippen LogP contribution in [0.2, 0.25) is 0 Å². The Kier molecular flexibility index (Phi) is 8.57. The molecule has 0 radical (unpaired) electrons. The average molecular weight is 541 g/mol. The summed E-state index contributed by atoms with van der Waals surface area (Å²) in [5, 5.41) is 14.8. The second kappa shape index (κ2) is 11.6. The van der Waals surface area contributed by atoms with Gasteiger partial charge in [0.05, 0.1) is 18.8 Å². The molecule has 1 fully saturated rings. The lowest BCUT2D eigenvalue weighted by Gasteiger charge is -2.14. The first-order valence-corrected chi connectivity index (χ1v) is 10.6. The van der Waals surface area contributed by atoms with Crippen LogP contribution in [0.25, 0.3) is 22.7 Å². The van der Waals surface area contributed by atoms with E-state index >= 15 is 0 Å². The van der Waals surface area contributed by atoms with Gasteiger partial charge < -0.3 is 24.7 Å². The van der Waals surface area contributed by atoms with Crippen molar-refractivity contribution >= 4 is 23.7 Å². The number of benzene rings is 1. The molecule has 0 spiro atoms. The number of esters is 1. The molecule has 0 bridgehead atoms. The molecule has 1 saturated heterocycles. The molecule has 1 aromatic carbocycles. The molecule has 16 heteroatoms. The van der Waals surface area contributed by atoms with E-state index in [0.29, 0.717) is 28.4 Å². The van der Waals surface area contributed by atoms with Crippen LogP contribution in [0.15, 0.2) is 40.9 Å². The molecule has 202 valence electrons. The summed E-state index contributed by atoms with van der Waals surface area (Å²) < 4.78 is 61.9. The highest BCUT2D eigenvalue weighted by atomic mass is 19.4. The number of anilines is 1. The molecule has 38 heavy (non-hydrogen) atoms. The lowest BCUT2D eigenvalue weighted by atomic mass is 10.1. The average Bonchev–Trinajstić information content (AvgIpc) is 3.47. The van der Waals surface area contributed by atoms with E-state index < -0.39 is 36.1 Å². The third-order valence-electron chi connectivity index (χ3n) is 4.80. The number of carbonyl (C=O) groups is 3. The maximum atomic E-state index is 14.8. The van der Waals surface area contributed by atoms with Gasteiger partial charge in [-0.2, -0.15) is 13.2 Å². The van der Waals surface area contributed by atoms with Crippen LogP contribution >= 0.6 is 0 Å². The number of alkyl halides is 3. The number of carbonyl (C=O) groups excluding carboxylic acids is 2. The highest BCUT2D eigenvalue weighted by Crippen LogP contribution is 2.29. The minimum absolute atomic E-state index is 0.115. The first-order chi connectivity index (χ1) is 17.9.